The zero-order valence-electron chi connectivity index (χ0n) is 12.0. The number of methoxy groups -OCH3 is 1. The highest BCUT2D eigenvalue weighted by molar-refractivity contribution is 5.28. The molecule has 1 aromatic rings. The van der Waals surface area contributed by atoms with Crippen molar-refractivity contribution >= 4 is 0 Å². The van der Waals surface area contributed by atoms with Gasteiger partial charge in [0.25, 0.3) is 0 Å². The molecule has 1 aliphatic carbocycles. The second-order valence-corrected chi connectivity index (χ2v) is 5.74. The maximum Gasteiger partial charge on any atom is 0.118 e. The summed E-state index contributed by atoms with van der Waals surface area (Å²) in [6, 6.07) is 8.47. The first kappa shape index (κ1) is 14.4. The Balaban J connectivity index is 1.91. The SMILES string of the molecule is COc1ccc(C(C)NCC2(CO)CCCC2)cc1. The van der Waals surface area contributed by atoms with E-state index in [-0.39, 0.29) is 5.41 Å². The van der Waals surface area contributed by atoms with Crippen molar-refractivity contribution in [3.63, 3.8) is 0 Å². The Morgan fingerprint density at radius 2 is 1.89 bits per heavy atom. The highest BCUT2D eigenvalue weighted by Gasteiger charge is 2.33. The van der Waals surface area contributed by atoms with Crippen molar-refractivity contribution in [1.29, 1.82) is 0 Å². The van der Waals surface area contributed by atoms with Crippen molar-refractivity contribution in [3.8, 4) is 5.75 Å². The van der Waals surface area contributed by atoms with Crippen LogP contribution in [0, 0.1) is 5.41 Å². The van der Waals surface area contributed by atoms with Crippen LogP contribution in [-0.4, -0.2) is 25.4 Å². The van der Waals surface area contributed by atoms with Gasteiger partial charge in [0.05, 0.1) is 7.11 Å². The molecule has 1 fully saturated rings. The predicted molar refractivity (Wildman–Crippen MR) is 77.4 cm³/mol. The lowest BCUT2D eigenvalue weighted by Gasteiger charge is -2.29. The number of nitrogens with one attached hydrogen (secondary N) is 1. The first-order chi connectivity index (χ1) is 9.19. The molecular formula is C16H25NO2. The quantitative estimate of drug-likeness (QED) is 0.829. The van der Waals surface area contributed by atoms with Gasteiger partial charge in [-0.15, -0.1) is 0 Å². The van der Waals surface area contributed by atoms with Crippen molar-refractivity contribution in [2.45, 2.75) is 38.6 Å². The average molecular weight is 263 g/mol. The number of aliphatic hydroxyl groups is 1. The summed E-state index contributed by atoms with van der Waals surface area (Å²) >= 11 is 0. The Kier molecular flexibility index (Phi) is 4.83. The summed E-state index contributed by atoms with van der Waals surface area (Å²) < 4.78 is 5.17. The highest BCUT2D eigenvalue weighted by Crippen LogP contribution is 2.37. The fourth-order valence-electron chi connectivity index (χ4n) is 2.90. The molecule has 1 unspecified atom stereocenters. The molecule has 0 radical (unpaired) electrons. The molecule has 0 aliphatic heterocycles. The van der Waals surface area contributed by atoms with Crippen molar-refractivity contribution in [3.05, 3.63) is 29.8 Å². The van der Waals surface area contributed by atoms with Crippen molar-refractivity contribution < 1.29 is 9.84 Å². The predicted octanol–water partition coefficient (Wildman–Crippen LogP) is 2.90. The van der Waals surface area contributed by atoms with E-state index in [0.29, 0.717) is 12.6 Å². The molecule has 0 heterocycles. The summed E-state index contributed by atoms with van der Waals surface area (Å²) in [7, 11) is 1.68. The number of rotatable bonds is 6. The van der Waals surface area contributed by atoms with Crippen LogP contribution >= 0.6 is 0 Å². The molecule has 0 bridgehead atoms. The van der Waals surface area contributed by atoms with Gasteiger partial charge in [0.15, 0.2) is 0 Å². The minimum absolute atomic E-state index is 0.112. The van der Waals surface area contributed by atoms with Crippen LogP contribution in [0.3, 0.4) is 0 Å². The van der Waals surface area contributed by atoms with Crippen LogP contribution in [0.25, 0.3) is 0 Å². The molecule has 1 saturated carbocycles. The van der Waals surface area contributed by atoms with Crippen LogP contribution in [0.1, 0.15) is 44.2 Å². The third kappa shape index (κ3) is 3.48. The van der Waals surface area contributed by atoms with E-state index in [9.17, 15) is 5.11 Å². The molecule has 19 heavy (non-hydrogen) atoms. The highest BCUT2D eigenvalue weighted by atomic mass is 16.5. The van der Waals surface area contributed by atoms with Crippen LogP contribution in [-0.2, 0) is 0 Å². The standard InChI is InChI=1S/C16H25NO2/c1-13(14-5-7-15(19-2)8-6-14)17-11-16(12-18)9-3-4-10-16/h5-8,13,17-18H,3-4,9-12H2,1-2H3. The molecule has 106 valence electrons. The fraction of sp³-hybridized carbons (Fsp3) is 0.625. The van der Waals surface area contributed by atoms with Crippen molar-refractivity contribution in [1.82, 2.24) is 5.32 Å². The molecule has 3 heteroatoms. The number of hydrogen-bond donors (Lipinski definition) is 2. The van der Waals surface area contributed by atoms with Crippen molar-refractivity contribution in [2.24, 2.45) is 5.41 Å². The summed E-state index contributed by atoms with van der Waals surface area (Å²) in [4.78, 5) is 0. The third-order valence-corrected chi connectivity index (χ3v) is 4.40. The molecule has 1 aromatic carbocycles. The number of benzene rings is 1. The zero-order chi connectivity index (χ0) is 13.7. The monoisotopic (exact) mass is 263 g/mol. The molecule has 0 aromatic heterocycles. The van der Waals surface area contributed by atoms with Crippen LogP contribution in [0.15, 0.2) is 24.3 Å². The lowest BCUT2D eigenvalue weighted by Crippen LogP contribution is -2.36. The number of aliphatic hydroxyl groups excluding tert-OH is 1. The first-order valence-electron chi connectivity index (χ1n) is 7.17. The second kappa shape index (κ2) is 6.40. The van der Waals surface area contributed by atoms with Crippen LogP contribution in [0.4, 0.5) is 0 Å². The van der Waals surface area contributed by atoms with E-state index in [1.165, 1.54) is 18.4 Å². The van der Waals surface area contributed by atoms with Gasteiger partial charge in [0, 0.05) is 24.6 Å². The van der Waals surface area contributed by atoms with Crippen LogP contribution in [0.2, 0.25) is 0 Å². The van der Waals surface area contributed by atoms with Gasteiger partial charge in [0.1, 0.15) is 5.75 Å². The Hall–Kier alpha value is -1.06. The van der Waals surface area contributed by atoms with Gasteiger partial charge in [0.2, 0.25) is 0 Å². The van der Waals surface area contributed by atoms with Gasteiger partial charge in [-0.25, -0.2) is 0 Å². The molecule has 1 atom stereocenters. The molecule has 2 N–H and O–H groups in total. The Morgan fingerprint density at radius 3 is 2.42 bits per heavy atom. The molecule has 1 aliphatic rings. The zero-order valence-corrected chi connectivity index (χ0v) is 12.0. The van der Waals surface area contributed by atoms with Crippen LogP contribution in [0.5, 0.6) is 5.75 Å². The van der Waals surface area contributed by atoms with Crippen molar-refractivity contribution in [2.75, 3.05) is 20.3 Å². The van der Waals surface area contributed by atoms with E-state index < -0.39 is 0 Å². The molecule has 3 nitrogen and oxygen atoms in total. The van der Waals surface area contributed by atoms with E-state index in [1.54, 1.807) is 7.11 Å². The average Bonchev–Trinajstić information content (AvgIpc) is 2.94. The minimum atomic E-state index is 0.112. The summed E-state index contributed by atoms with van der Waals surface area (Å²) in [5.41, 5.74) is 1.37. The fourth-order valence-corrected chi connectivity index (χ4v) is 2.90. The van der Waals surface area contributed by atoms with Gasteiger partial charge >= 0.3 is 0 Å². The molecule has 0 spiro atoms. The smallest absolute Gasteiger partial charge is 0.118 e. The summed E-state index contributed by atoms with van der Waals surface area (Å²) in [6.45, 7) is 3.37. The maximum atomic E-state index is 9.61. The van der Waals surface area contributed by atoms with E-state index in [1.807, 2.05) is 12.1 Å². The van der Waals surface area contributed by atoms with E-state index in [2.05, 4.69) is 24.4 Å². The summed E-state index contributed by atoms with van der Waals surface area (Å²) in [5.74, 6) is 0.888. The first-order valence-corrected chi connectivity index (χ1v) is 7.17. The Morgan fingerprint density at radius 1 is 1.26 bits per heavy atom. The summed E-state index contributed by atoms with van der Waals surface area (Å²) in [5, 5.41) is 13.2. The van der Waals surface area contributed by atoms with Gasteiger partial charge < -0.3 is 15.2 Å². The summed E-state index contributed by atoms with van der Waals surface area (Å²) in [6.07, 6.45) is 4.79. The van der Waals surface area contributed by atoms with E-state index in [4.69, 9.17) is 4.74 Å². The number of hydrogen-bond acceptors (Lipinski definition) is 3. The minimum Gasteiger partial charge on any atom is -0.497 e. The van der Waals surface area contributed by atoms with Gasteiger partial charge in [-0.2, -0.15) is 0 Å². The molecule has 0 saturated heterocycles. The Labute approximate surface area is 116 Å². The molecular weight excluding hydrogens is 238 g/mol. The van der Waals surface area contributed by atoms with Crippen LogP contribution < -0.4 is 10.1 Å². The molecule has 0 amide bonds. The van der Waals surface area contributed by atoms with Gasteiger partial charge in [-0.1, -0.05) is 25.0 Å². The van der Waals surface area contributed by atoms with E-state index in [0.717, 1.165) is 25.1 Å². The van der Waals surface area contributed by atoms with Gasteiger partial charge in [-0.3, -0.25) is 0 Å². The normalized spacial score (nSPS) is 19.3. The number of ether oxygens (including phenoxy) is 1. The maximum absolute atomic E-state index is 9.61. The lowest BCUT2D eigenvalue weighted by molar-refractivity contribution is 0.125. The second-order valence-electron chi connectivity index (χ2n) is 5.74. The third-order valence-electron chi connectivity index (χ3n) is 4.40. The lowest BCUT2D eigenvalue weighted by atomic mass is 9.87. The topological polar surface area (TPSA) is 41.5 Å². The molecule has 2 rings (SSSR count). The Bertz CT molecular complexity index is 382. The van der Waals surface area contributed by atoms with E-state index >= 15 is 0 Å². The largest absolute Gasteiger partial charge is 0.497 e. The van der Waals surface area contributed by atoms with Gasteiger partial charge in [-0.05, 0) is 37.5 Å².